The maximum absolute atomic E-state index is 6.00. The third-order valence-electron chi connectivity index (χ3n) is 3.67. The molecule has 0 spiro atoms. The number of halogens is 1. The predicted octanol–water partition coefficient (Wildman–Crippen LogP) is 2.67. The normalized spacial score (nSPS) is 27.1. The summed E-state index contributed by atoms with van der Waals surface area (Å²) in [5.74, 6) is 1.18. The maximum atomic E-state index is 6.00. The van der Waals surface area contributed by atoms with Crippen molar-refractivity contribution in [1.29, 1.82) is 0 Å². The Balaban J connectivity index is 2.22. The molecule has 0 radical (unpaired) electrons. The summed E-state index contributed by atoms with van der Waals surface area (Å²) in [5, 5.41) is 0.660. The minimum atomic E-state index is 0.272. The number of rotatable bonds is 3. The molecule has 1 aliphatic heterocycles. The zero-order valence-electron chi connectivity index (χ0n) is 10.8. The van der Waals surface area contributed by atoms with Crippen LogP contribution in [0.5, 0.6) is 0 Å². The van der Waals surface area contributed by atoms with E-state index in [1.54, 1.807) is 0 Å². The maximum Gasteiger partial charge on any atom is 0.0489 e. The largest absolute Gasteiger partial charge is 0.329 e. The molecule has 2 heterocycles. The van der Waals surface area contributed by atoms with Gasteiger partial charge >= 0.3 is 0 Å². The molecule has 1 fully saturated rings. The summed E-state index contributed by atoms with van der Waals surface area (Å²) in [6.45, 7) is 6.34. The molecule has 3 atom stereocenters. The van der Waals surface area contributed by atoms with Crippen LogP contribution in [-0.2, 0) is 0 Å². The molecule has 0 bridgehead atoms. The second-order valence-electron chi connectivity index (χ2n) is 4.74. The van der Waals surface area contributed by atoms with Crippen molar-refractivity contribution in [3.8, 4) is 0 Å². The van der Waals surface area contributed by atoms with Gasteiger partial charge in [-0.2, -0.15) is 11.8 Å². The molecule has 100 valence electrons. The second-order valence-corrected chi connectivity index (χ2v) is 7.14. The molecule has 1 saturated heterocycles. The smallest absolute Gasteiger partial charge is 0.0489 e. The summed E-state index contributed by atoms with van der Waals surface area (Å²) in [7, 11) is 0. The first-order valence-electron chi connectivity index (χ1n) is 6.31. The zero-order chi connectivity index (χ0) is 13.1. The fourth-order valence-electron chi connectivity index (χ4n) is 2.47. The van der Waals surface area contributed by atoms with Crippen molar-refractivity contribution in [1.82, 2.24) is 9.88 Å². The molecular weight excluding hydrogens is 310 g/mol. The summed E-state index contributed by atoms with van der Waals surface area (Å²) in [6, 6.07) is 2.95. The van der Waals surface area contributed by atoms with E-state index in [2.05, 4.69) is 45.7 Å². The fourth-order valence-corrected chi connectivity index (χ4v) is 3.98. The molecule has 1 aromatic heterocycles. The van der Waals surface area contributed by atoms with Gasteiger partial charge in [0.05, 0.1) is 0 Å². The van der Waals surface area contributed by atoms with Gasteiger partial charge in [0.2, 0.25) is 0 Å². The van der Waals surface area contributed by atoms with E-state index in [-0.39, 0.29) is 6.04 Å². The molecule has 2 N–H and O–H groups in total. The first-order chi connectivity index (χ1) is 8.63. The highest BCUT2D eigenvalue weighted by Gasteiger charge is 2.30. The average molecular weight is 330 g/mol. The van der Waals surface area contributed by atoms with Crippen molar-refractivity contribution in [3.05, 3.63) is 28.5 Å². The van der Waals surface area contributed by atoms with Crippen LogP contribution in [0.2, 0.25) is 0 Å². The summed E-state index contributed by atoms with van der Waals surface area (Å²) in [5.41, 5.74) is 7.21. The van der Waals surface area contributed by atoms with Gasteiger partial charge in [-0.05, 0) is 34.5 Å². The minimum Gasteiger partial charge on any atom is -0.329 e. The Bertz CT molecular complexity index is 402. The lowest BCUT2D eigenvalue weighted by atomic mass is 10.0. The van der Waals surface area contributed by atoms with E-state index in [1.807, 2.05) is 24.2 Å². The van der Waals surface area contributed by atoms with Crippen molar-refractivity contribution >= 4 is 27.7 Å². The Morgan fingerprint density at radius 1 is 1.56 bits per heavy atom. The van der Waals surface area contributed by atoms with Gasteiger partial charge in [-0.1, -0.05) is 6.92 Å². The quantitative estimate of drug-likeness (QED) is 0.925. The second kappa shape index (κ2) is 6.37. The minimum absolute atomic E-state index is 0.272. The third-order valence-corrected chi connectivity index (χ3v) is 5.44. The van der Waals surface area contributed by atoms with Crippen molar-refractivity contribution in [2.45, 2.75) is 31.2 Å². The van der Waals surface area contributed by atoms with E-state index in [9.17, 15) is 0 Å². The lowest BCUT2D eigenvalue weighted by Crippen LogP contribution is -2.48. The molecule has 0 saturated carbocycles. The van der Waals surface area contributed by atoms with E-state index < -0.39 is 0 Å². The van der Waals surface area contributed by atoms with Gasteiger partial charge in [-0.15, -0.1) is 0 Å². The standard InChI is InChI=1S/C13H20BrN3S/c1-9-10(2)18-4-3-17(9)13(6-15)11-5-12(14)8-16-7-11/h5,7-10,13H,3-4,6,15H2,1-2H3. The van der Waals surface area contributed by atoms with Crippen LogP contribution in [0.3, 0.4) is 0 Å². The van der Waals surface area contributed by atoms with E-state index in [0.717, 1.165) is 11.0 Å². The van der Waals surface area contributed by atoms with Gasteiger partial charge in [0.25, 0.3) is 0 Å². The van der Waals surface area contributed by atoms with Crippen molar-refractivity contribution in [2.24, 2.45) is 5.73 Å². The molecule has 1 aromatic rings. The van der Waals surface area contributed by atoms with Crippen LogP contribution in [0.1, 0.15) is 25.5 Å². The number of hydrogen-bond donors (Lipinski definition) is 1. The van der Waals surface area contributed by atoms with E-state index in [1.165, 1.54) is 11.3 Å². The lowest BCUT2D eigenvalue weighted by molar-refractivity contribution is 0.150. The Labute approximate surface area is 122 Å². The van der Waals surface area contributed by atoms with Crippen molar-refractivity contribution < 1.29 is 0 Å². The molecular formula is C13H20BrN3S. The number of nitrogens with two attached hydrogens (primary N) is 1. The monoisotopic (exact) mass is 329 g/mol. The van der Waals surface area contributed by atoms with E-state index in [0.29, 0.717) is 17.8 Å². The highest BCUT2D eigenvalue weighted by atomic mass is 79.9. The average Bonchev–Trinajstić information content (AvgIpc) is 2.35. The molecule has 1 aliphatic rings. The van der Waals surface area contributed by atoms with E-state index >= 15 is 0 Å². The summed E-state index contributed by atoms with van der Waals surface area (Å²) in [6.07, 6.45) is 3.75. The van der Waals surface area contributed by atoms with Crippen LogP contribution in [0, 0.1) is 0 Å². The van der Waals surface area contributed by atoms with Crippen molar-refractivity contribution in [2.75, 3.05) is 18.8 Å². The van der Waals surface area contributed by atoms with Crippen molar-refractivity contribution in [3.63, 3.8) is 0 Å². The van der Waals surface area contributed by atoms with Gasteiger partial charge in [0.15, 0.2) is 0 Å². The fraction of sp³-hybridized carbons (Fsp3) is 0.615. The van der Waals surface area contributed by atoms with Gasteiger partial charge in [-0.3, -0.25) is 9.88 Å². The van der Waals surface area contributed by atoms with E-state index in [4.69, 9.17) is 5.73 Å². The van der Waals surface area contributed by atoms with Crippen LogP contribution in [-0.4, -0.2) is 40.0 Å². The van der Waals surface area contributed by atoms with Gasteiger partial charge < -0.3 is 5.73 Å². The summed E-state index contributed by atoms with van der Waals surface area (Å²) in [4.78, 5) is 6.78. The Morgan fingerprint density at radius 2 is 2.33 bits per heavy atom. The Kier molecular flexibility index (Phi) is 5.06. The topological polar surface area (TPSA) is 42.1 Å². The number of hydrogen-bond acceptors (Lipinski definition) is 4. The number of aromatic nitrogens is 1. The molecule has 0 aliphatic carbocycles. The predicted molar refractivity (Wildman–Crippen MR) is 81.8 cm³/mol. The molecule has 3 unspecified atom stereocenters. The first-order valence-corrected chi connectivity index (χ1v) is 8.15. The summed E-state index contributed by atoms with van der Waals surface area (Å²) < 4.78 is 1.02. The van der Waals surface area contributed by atoms with Gasteiger partial charge in [0.1, 0.15) is 0 Å². The molecule has 18 heavy (non-hydrogen) atoms. The zero-order valence-corrected chi connectivity index (χ0v) is 13.2. The number of pyridine rings is 1. The van der Waals surface area contributed by atoms with Crippen LogP contribution >= 0.6 is 27.7 Å². The number of thioether (sulfide) groups is 1. The molecule has 0 aromatic carbocycles. The van der Waals surface area contributed by atoms with Gasteiger partial charge in [0, 0.05) is 53.0 Å². The van der Waals surface area contributed by atoms with Gasteiger partial charge in [-0.25, -0.2) is 0 Å². The highest BCUT2D eigenvalue weighted by molar-refractivity contribution is 9.10. The Morgan fingerprint density at radius 3 is 3.00 bits per heavy atom. The first kappa shape index (κ1) is 14.3. The number of nitrogens with zero attached hydrogens (tertiary/aromatic N) is 2. The van der Waals surface area contributed by atoms with Crippen LogP contribution in [0.25, 0.3) is 0 Å². The molecule has 0 amide bonds. The SMILES string of the molecule is CC1SCCN(C(CN)c2cncc(Br)c2)C1C. The lowest BCUT2D eigenvalue weighted by Gasteiger charge is -2.42. The molecule has 5 heteroatoms. The molecule has 2 rings (SSSR count). The van der Waals surface area contributed by atoms with Crippen LogP contribution in [0.15, 0.2) is 22.9 Å². The molecule has 3 nitrogen and oxygen atoms in total. The third kappa shape index (κ3) is 3.07. The van der Waals surface area contributed by atoms with Crippen LogP contribution < -0.4 is 5.73 Å². The van der Waals surface area contributed by atoms with Crippen LogP contribution in [0.4, 0.5) is 0 Å². The Hall–Kier alpha value is -0.100. The summed E-state index contributed by atoms with van der Waals surface area (Å²) >= 11 is 5.53. The highest BCUT2D eigenvalue weighted by Crippen LogP contribution is 2.31.